The van der Waals surface area contributed by atoms with Gasteiger partial charge in [-0.1, -0.05) is 41.9 Å². The van der Waals surface area contributed by atoms with E-state index in [0.29, 0.717) is 16.3 Å². The molecule has 106 valence electrons. The first-order valence-electron chi connectivity index (χ1n) is 6.67. The zero-order valence-corrected chi connectivity index (χ0v) is 12.6. The first-order valence-corrected chi connectivity index (χ1v) is 7.05. The third-order valence-corrected chi connectivity index (χ3v) is 4.19. The van der Waals surface area contributed by atoms with Gasteiger partial charge in [0.2, 0.25) is 0 Å². The average Bonchev–Trinajstić information content (AvgIpc) is 2.54. The number of methoxy groups -OCH3 is 1. The number of aromatic hydroxyl groups is 1. The quantitative estimate of drug-likeness (QED) is 0.706. The average molecular weight is 299 g/mol. The SMILES string of the molecule is COc1ccc2c(-c3ccccc3)c(Cl)c(C)c(O)c2c1. The first kappa shape index (κ1) is 13.8. The number of hydrogen-bond donors (Lipinski definition) is 1. The molecule has 0 fully saturated rings. The third-order valence-electron chi connectivity index (χ3n) is 3.72. The van der Waals surface area contributed by atoms with Crippen molar-refractivity contribution in [2.24, 2.45) is 0 Å². The van der Waals surface area contributed by atoms with E-state index in [1.165, 1.54) is 0 Å². The van der Waals surface area contributed by atoms with Crippen LogP contribution in [0.25, 0.3) is 21.9 Å². The molecule has 3 aromatic carbocycles. The Labute approximate surface area is 128 Å². The molecule has 0 aromatic heterocycles. The van der Waals surface area contributed by atoms with Crippen molar-refractivity contribution < 1.29 is 9.84 Å². The van der Waals surface area contributed by atoms with Crippen molar-refractivity contribution in [2.75, 3.05) is 7.11 Å². The van der Waals surface area contributed by atoms with E-state index < -0.39 is 0 Å². The van der Waals surface area contributed by atoms with Gasteiger partial charge in [-0.25, -0.2) is 0 Å². The highest BCUT2D eigenvalue weighted by molar-refractivity contribution is 6.36. The summed E-state index contributed by atoms with van der Waals surface area (Å²) in [5.74, 6) is 0.909. The molecule has 3 aromatic rings. The summed E-state index contributed by atoms with van der Waals surface area (Å²) in [5.41, 5.74) is 2.64. The lowest BCUT2D eigenvalue weighted by Gasteiger charge is -2.15. The number of phenolic OH excluding ortho intramolecular Hbond substituents is 1. The fraction of sp³-hybridized carbons (Fsp3) is 0.111. The Morgan fingerprint density at radius 3 is 2.38 bits per heavy atom. The molecule has 0 radical (unpaired) electrons. The van der Waals surface area contributed by atoms with E-state index in [1.54, 1.807) is 7.11 Å². The molecular weight excluding hydrogens is 284 g/mol. The van der Waals surface area contributed by atoms with Crippen molar-refractivity contribution in [3.63, 3.8) is 0 Å². The van der Waals surface area contributed by atoms with E-state index in [-0.39, 0.29) is 5.75 Å². The van der Waals surface area contributed by atoms with Crippen LogP contribution in [0.2, 0.25) is 5.02 Å². The second-order valence-electron chi connectivity index (χ2n) is 4.94. The van der Waals surface area contributed by atoms with Gasteiger partial charge in [-0.05, 0) is 36.1 Å². The van der Waals surface area contributed by atoms with Gasteiger partial charge >= 0.3 is 0 Å². The van der Waals surface area contributed by atoms with Gasteiger partial charge in [0, 0.05) is 16.5 Å². The number of ether oxygens (including phenoxy) is 1. The van der Waals surface area contributed by atoms with Crippen molar-refractivity contribution in [1.82, 2.24) is 0 Å². The molecule has 0 aliphatic rings. The Morgan fingerprint density at radius 2 is 1.71 bits per heavy atom. The van der Waals surface area contributed by atoms with Gasteiger partial charge in [-0.2, -0.15) is 0 Å². The lowest BCUT2D eigenvalue weighted by Crippen LogP contribution is -1.90. The summed E-state index contributed by atoms with van der Waals surface area (Å²) in [4.78, 5) is 0. The van der Waals surface area contributed by atoms with Crippen LogP contribution < -0.4 is 4.74 Å². The summed E-state index contributed by atoms with van der Waals surface area (Å²) in [7, 11) is 1.61. The second kappa shape index (κ2) is 5.30. The Bertz CT molecular complexity index is 811. The minimum absolute atomic E-state index is 0.202. The number of fused-ring (bicyclic) bond motifs is 1. The van der Waals surface area contributed by atoms with E-state index in [2.05, 4.69) is 0 Å². The summed E-state index contributed by atoms with van der Waals surface area (Å²) in [6.45, 7) is 1.82. The first-order chi connectivity index (χ1) is 10.1. The van der Waals surface area contributed by atoms with Gasteiger partial charge in [0.05, 0.1) is 12.1 Å². The van der Waals surface area contributed by atoms with E-state index in [1.807, 2.05) is 55.5 Å². The van der Waals surface area contributed by atoms with Crippen LogP contribution in [0, 0.1) is 6.92 Å². The van der Waals surface area contributed by atoms with E-state index >= 15 is 0 Å². The van der Waals surface area contributed by atoms with Gasteiger partial charge in [0.25, 0.3) is 0 Å². The fourth-order valence-electron chi connectivity index (χ4n) is 2.56. The smallest absolute Gasteiger partial charge is 0.127 e. The van der Waals surface area contributed by atoms with Crippen LogP contribution in [0.5, 0.6) is 11.5 Å². The van der Waals surface area contributed by atoms with Crippen molar-refractivity contribution >= 4 is 22.4 Å². The monoisotopic (exact) mass is 298 g/mol. The van der Waals surface area contributed by atoms with Gasteiger partial charge in [0.1, 0.15) is 11.5 Å². The lowest BCUT2D eigenvalue weighted by atomic mass is 9.94. The molecule has 21 heavy (non-hydrogen) atoms. The number of halogens is 1. The number of phenols is 1. The number of rotatable bonds is 2. The molecule has 0 atom stereocenters. The highest BCUT2D eigenvalue weighted by Gasteiger charge is 2.16. The summed E-state index contributed by atoms with van der Waals surface area (Å²) in [5, 5.41) is 12.6. The zero-order valence-electron chi connectivity index (χ0n) is 11.9. The zero-order chi connectivity index (χ0) is 15.0. The predicted molar refractivity (Wildman–Crippen MR) is 87.3 cm³/mol. The largest absolute Gasteiger partial charge is 0.507 e. The summed E-state index contributed by atoms with van der Waals surface area (Å²) in [6.07, 6.45) is 0. The standard InChI is InChI=1S/C18H15ClO2/c1-11-17(19)16(12-6-4-3-5-7-12)14-9-8-13(21-2)10-15(14)18(11)20/h3-10,20H,1-2H3. The summed E-state index contributed by atoms with van der Waals surface area (Å²) >= 11 is 6.49. The molecule has 3 heteroatoms. The van der Waals surface area contributed by atoms with Gasteiger partial charge in [-0.3, -0.25) is 0 Å². The molecule has 0 aliphatic carbocycles. The molecule has 0 bridgehead atoms. The minimum Gasteiger partial charge on any atom is -0.507 e. The van der Waals surface area contributed by atoms with Crippen molar-refractivity contribution in [3.05, 3.63) is 59.1 Å². The highest BCUT2D eigenvalue weighted by Crippen LogP contribution is 2.44. The molecule has 3 rings (SSSR count). The molecule has 0 heterocycles. The van der Waals surface area contributed by atoms with E-state index in [0.717, 1.165) is 21.9 Å². The predicted octanol–water partition coefficient (Wildman–Crippen LogP) is 5.18. The molecule has 2 nitrogen and oxygen atoms in total. The van der Waals surface area contributed by atoms with Crippen molar-refractivity contribution in [1.29, 1.82) is 0 Å². The molecule has 0 saturated heterocycles. The molecule has 0 saturated carbocycles. The summed E-state index contributed by atoms with van der Waals surface area (Å²) < 4.78 is 5.25. The minimum atomic E-state index is 0.202. The molecule has 0 aliphatic heterocycles. The van der Waals surface area contributed by atoms with E-state index in [9.17, 15) is 5.11 Å². The van der Waals surface area contributed by atoms with Crippen LogP contribution in [0.3, 0.4) is 0 Å². The van der Waals surface area contributed by atoms with Crippen LogP contribution >= 0.6 is 11.6 Å². The van der Waals surface area contributed by atoms with Gasteiger partial charge in [-0.15, -0.1) is 0 Å². The topological polar surface area (TPSA) is 29.5 Å². The number of benzene rings is 3. The van der Waals surface area contributed by atoms with Crippen LogP contribution in [0.15, 0.2) is 48.5 Å². The van der Waals surface area contributed by atoms with Crippen LogP contribution in [0.4, 0.5) is 0 Å². The van der Waals surface area contributed by atoms with Crippen LogP contribution in [-0.4, -0.2) is 12.2 Å². The highest BCUT2D eigenvalue weighted by atomic mass is 35.5. The summed E-state index contributed by atoms with van der Waals surface area (Å²) in [6, 6.07) is 15.6. The van der Waals surface area contributed by atoms with Crippen molar-refractivity contribution in [3.8, 4) is 22.6 Å². The number of hydrogen-bond acceptors (Lipinski definition) is 2. The maximum atomic E-state index is 10.4. The molecule has 0 amide bonds. The van der Waals surface area contributed by atoms with Gasteiger partial charge < -0.3 is 9.84 Å². The maximum Gasteiger partial charge on any atom is 0.127 e. The normalized spacial score (nSPS) is 10.8. The third kappa shape index (κ3) is 2.22. The second-order valence-corrected chi connectivity index (χ2v) is 5.32. The maximum absolute atomic E-state index is 10.4. The fourth-order valence-corrected chi connectivity index (χ4v) is 2.86. The molecule has 0 spiro atoms. The van der Waals surface area contributed by atoms with Crippen LogP contribution in [0.1, 0.15) is 5.56 Å². The Kier molecular flexibility index (Phi) is 3.48. The Balaban J connectivity index is 2.44. The molecular formula is C18H15ClO2. The lowest BCUT2D eigenvalue weighted by molar-refractivity contribution is 0.415. The Hall–Kier alpha value is -2.19. The van der Waals surface area contributed by atoms with Crippen molar-refractivity contribution in [2.45, 2.75) is 6.92 Å². The molecule has 1 N–H and O–H groups in total. The van der Waals surface area contributed by atoms with Crippen LogP contribution in [-0.2, 0) is 0 Å². The van der Waals surface area contributed by atoms with Gasteiger partial charge in [0.15, 0.2) is 0 Å². The Morgan fingerprint density at radius 1 is 1.00 bits per heavy atom. The molecule has 0 unspecified atom stereocenters. The van der Waals surface area contributed by atoms with E-state index in [4.69, 9.17) is 16.3 Å².